The molecule has 0 atom stereocenters. The number of benzene rings is 16. The first-order valence-electron chi connectivity index (χ1n) is 40.4. The van der Waals surface area contributed by atoms with Crippen LogP contribution in [-0.2, 0) is 0 Å². The molecule has 16 aromatic carbocycles. The molecular weight excluding hydrogens is 1490 g/mol. The highest BCUT2D eigenvalue weighted by atomic mass is 16.5. The van der Waals surface area contributed by atoms with Crippen LogP contribution in [-0.4, -0.2) is 49.8 Å². The van der Waals surface area contributed by atoms with Crippen LogP contribution in [0.1, 0.15) is 0 Å². The van der Waals surface area contributed by atoms with Crippen molar-refractivity contribution in [3.63, 3.8) is 0 Å². The van der Waals surface area contributed by atoms with Crippen molar-refractivity contribution in [1.82, 2.24) is 49.8 Å². The van der Waals surface area contributed by atoms with Gasteiger partial charge in [-0.1, -0.05) is 376 Å². The molecule has 12 nitrogen and oxygen atoms in total. The Morgan fingerprint density at radius 2 is 0.230 bits per heavy atom. The summed E-state index contributed by atoms with van der Waals surface area (Å²) in [5.74, 6) is 7.88. The molecule has 122 heavy (non-hydrogen) atoms. The average molecular weight is 1570 g/mol. The molecular formula is C110H72N10O2. The lowest BCUT2D eigenvalue weighted by Gasteiger charge is -2.11. The second kappa shape index (κ2) is 33.9. The van der Waals surface area contributed by atoms with Gasteiger partial charge >= 0.3 is 0 Å². The van der Waals surface area contributed by atoms with Crippen LogP contribution in [0.15, 0.2) is 437 Å². The van der Waals surface area contributed by atoms with E-state index in [0.29, 0.717) is 46.6 Å². The number of hydrogen-bond donors (Lipinski definition) is 0. The van der Waals surface area contributed by atoms with E-state index in [4.69, 9.17) is 59.3 Å². The lowest BCUT2D eigenvalue weighted by Crippen LogP contribution is -2.00. The Kier molecular flexibility index (Phi) is 20.6. The summed E-state index contributed by atoms with van der Waals surface area (Å²) >= 11 is 0. The van der Waals surface area contributed by atoms with Crippen molar-refractivity contribution in [1.29, 1.82) is 0 Å². The van der Waals surface area contributed by atoms with Gasteiger partial charge < -0.3 is 9.47 Å². The van der Waals surface area contributed by atoms with E-state index in [1.54, 1.807) is 0 Å². The van der Waals surface area contributed by atoms with Crippen LogP contribution in [0.3, 0.4) is 0 Å². The molecule has 20 rings (SSSR count). The molecule has 0 unspecified atom stereocenters. The summed E-state index contributed by atoms with van der Waals surface area (Å²) in [4.78, 5) is 50.3. The average Bonchev–Trinajstić information content (AvgIpc) is 0.803. The van der Waals surface area contributed by atoms with Crippen LogP contribution < -0.4 is 9.47 Å². The second-order valence-electron chi connectivity index (χ2n) is 29.5. The summed E-state index contributed by atoms with van der Waals surface area (Å²) in [5.41, 5.74) is 25.3. The molecule has 574 valence electrons. The topological polar surface area (TPSA) is 147 Å². The van der Waals surface area contributed by atoms with Gasteiger partial charge in [-0.05, 0) is 116 Å². The molecule has 0 spiro atoms. The molecule has 0 aliphatic rings. The maximum atomic E-state index is 6.38. The van der Waals surface area contributed by atoms with Crippen LogP contribution >= 0.6 is 0 Å². The predicted octanol–water partition coefficient (Wildman–Crippen LogP) is 27.6. The minimum Gasteiger partial charge on any atom is -0.457 e. The molecule has 0 radical (unpaired) electrons. The van der Waals surface area contributed by atoms with Crippen LogP contribution in [0.25, 0.3) is 192 Å². The molecule has 0 saturated carbocycles. The second-order valence-corrected chi connectivity index (χ2v) is 29.5. The molecule has 0 fully saturated rings. The van der Waals surface area contributed by atoms with Gasteiger partial charge in [0.2, 0.25) is 0 Å². The Hall–Kier alpha value is -16.7. The van der Waals surface area contributed by atoms with Gasteiger partial charge in [0.15, 0.2) is 46.6 Å². The van der Waals surface area contributed by atoms with Gasteiger partial charge in [0.1, 0.15) is 23.0 Å². The van der Waals surface area contributed by atoms with E-state index < -0.39 is 0 Å². The van der Waals surface area contributed by atoms with Crippen molar-refractivity contribution in [2.75, 3.05) is 0 Å². The molecule has 20 aromatic rings. The molecule has 0 aliphatic heterocycles. The van der Waals surface area contributed by atoms with Gasteiger partial charge in [-0.25, -0.2) is 49.8 Å². The van der Waals surface area contributed by atoms with Crippen LogP contribution in [0.2, 0.25) is 0 Å². The SMILES string of the molecule is c1ccc(-c2cc(-c3ccccc3)nc(-c3ccc(-c4ccc(Oc5ccc(-c6ccc(-c7nc(-c8ccccc8)cc(-c8ccc(-c9ccc(-c%10nc(-c%11ccccc%11)nc(-c%11ccc(-c%12ccc(Oc%13ccc(-c%14ccc(-c%15nc(-c%16ccccc%16)nc(-c%16ccccc%16)n%15)cc%14)cc%13)cc%12)cc%11)n%10)cc9)cc8)n7)cc6)cc5)cc4)cc3)n2)cc1. The van der Waals surface area contributed by atoms with Gasteiger partial charge in [0.25, 0.3) is 0 Å². The maximum Gasteiger partial charge on any atom is 0.164 e. The van der Waals surface area contributed by atoms with E-state index >= 15 is 0 Å². The standard InChI is InChI=1S/C110H72N10O2/c1-7-19-83(20-8-1)99-71-100(84-21-9-2-10-22-84)112-103(111-99)90-45-33-75(34-46-90)79-55-63-95(64-56-79)121-96-65-57-80(58-66-96)76-35-47-91(48-36-76)104-113-101(85-23-11-3-12-24-85)72-102(114-104)86-43-31-73(32-44-86)74-37-49-93(50-38-74)109-118-107(89-29-17-6-18-30-89)119-110(120-109)94-53-41-78(42-54-94)82-61-69-98(70-62-82)122-97-67-59-81(60-68-97)77-39-51-92(52-40-77)108-116-105(87-25-13-4-14-26-87)115-106(117-108)88-27-15-5-16-28-88/h1-72H. The molecule has 0 aliphatic carbocycles. The van der Waals surface area contributed by atoms with Crippen LogP contribution in [0.5, 0.6) is 23.0 Å². The molecule has 0 N–H and O–H groups in total. The zero-order chi connectivity index (χ0) is 81.3. The van der Waals surface area contributed by atoms with Crippen LogP contribution in [0.4, 0.5) is 0 Å². The largest absolute Gasteiger partial charge is 0.457 e. The monoisotopic (exact) mass is 1560 g/mol. The third-order valence-corrected chi connectivity index (χ3v) is 21.5. The van der Waals surface area contributed by atoms with Crippen molar-refractivity contribution in [2.45, 2.75) is 0 Å². The summed E-state index contributed by atoms with van der Waals surface area (Å²) in [6.45, 7) is 0. The zero-order valence-electron chi connectivity index (χ0n) is 65.9. The number of nitrogens with zero attached hydrogens (tertiary/aromatic N) is 10. The lowest BCUT2D eigenvalue weighted by atomic mass is 10.00. The third-order valence-electron chi connectivity index (χ3n) is 21.5. The van der Waals surface area contributed by atoms with Gasteiger partial charge in [-0.15, -0.1) is 0 Å². The molecule has 0 amide bonds. The highest BCUT2D eigenvalue weighted by Crippen LogP contribution is 2.38. The molecule has 4 heterocycles. The van der Waals surface area contributed by atoms with Crippen LogP contribution in [0, 0.1) is 0 Å². The van der Waals surface area contributed by atoms with E-state index in [1.165, 1.54) is 0 Å². The highest BCUT2D eigenvalue weighted by Gasteiger charge is 2.19. The van der Waals surface area contributed by atoms with E-state index in [2.05, 4.69) is 243 Å². The minimum atomic E-state index is 0.575. The van der Waals surface area contributed by atoms with Gasteiger partial charge in [-0.2, -0.15) is 0 Å². The summed E-state index contributed by atoms with van der Waals surface area (Å²) in [6, 6.07) is 148. The quantitative estimate of drug-likeness (QED) is 0.0674. The zero-order valence-corrected chi connectivity index (χ0v) is 65.9. The fourth-order valence-electron chi connectivity index (χ4n) is 14.9. The first-order chi connectivity index (χ1) is 60.3. The first-order valence-corrected chi connectivity index (χ1v) is 40.4. The normalized spacial score (nSPS) is 11.1. The van der Waals surface area contributed by atoms with E-state index in [0.717, 1.165) is 168 Å². The Morgan fingerprint density at radius 3 is 0.410 bits per heavy atom. The highest BCUT2D eigenvalue weighted by molar-refractivity contribution is 5.80. The number of aromatic nitrogens is 10. The summed E-state index contributed by atoms with van der Waals surface area (Å²) < 4.78 is 12.8. The summed E-state index contributed by atoms with van der Waals surface area (Å²) in [6.07, 6.45) is 0. The van der Waals surface area contributed by atoms with Gasteiger partial charge in [0.05, 0.1) is 22.8 Å². The van der Waals surface area contributed by atoms with Gasteiger partial charge in [-0.3, -0.25) is 0 Å². The number of hydrogen-bond acceptors (Lipinski definition) is 12. The van der Waals surface area contributed by atoms with E-state index in [1.807, 2.05) is 194 Å². The van der Waals surface area contributed by atoms with Crippen molar-refractivity contribution in [3.05, 3.63) is 437 Å². The minimum absolute atomic E-state index is 0.575. The Labute approximate surface area is 706 Å². The number of rotatable bonds is 21. The fraction of sp³-hybridized carbons (Fsp3) is 0. The lowest BCUT2D eigenvalue weighted by molar-refractivity contribution is 0.482. The molecule has 12 heteroatoms. The fourth-order valence-corrected chi connectivity index (χ4v) is 14.9. The Bertz CT molecular complexity index is 6480. The maximum absolute atomic E-state index is 6.38. The summed E-state index contributed by atoms with van der Waals surface area (Å²) in [5, 5.41) is 0. The molecule has 4 aromatic heterocycles. The first kappa shape index (κ1) is 74.1. The summed E-state index contributed by atoms with van der Waals surface area (Å²) in [7, 11) is 0. The Morgan fingerprint density at radius 1 is 0.107 bits per heavy atom. The molecule has 0 saturated heterocycles. The van der Waals surface area contributed by atoms with Crippen molar-refractivity contribution >= 4 is 0 Å². The number of ether oxygens (including phenoxy) is 2. The van der Waals surface area contributed by atoms with Gasteiger partial charge in [0, 0.05) is 66.8 Å². The third kappa shape index (κ3) is 16.6. The van der Waals surface area contributed by atoms with Crippen molar-refractivity contribution < 1.29 is 9.47 Å². The van der Waals surface area contributed by atoms with Crippen molar-refractivity contribution in [2.24, 2.45) is 0 Å². The Balaban J connectivity index is 0.480. The predicted molar refractivity (Wildman–Crippen MR) is 490 cm³/mol. The van der Waals surface area contributed by atoms with Crippen molar-refractivity contribution in [3.8, 4) is 215 Å². The van der Waals surface area contributed by atoms with E-state index in [-0.39, 0.29) is 0 Å². The smallest absolute Gasteiger partial charge is 0.164 e. The van der Waals surface area contributed by atoms with E-state index in [9.17, 15) is 0 Å². The molecule has 0 bridgehead atoms.